The molecule has 1 unspecified atom stereocenters. The highest BCUT2D eigenvalue weighted by molar-refractivity contribution is 5.48. The standard InChI is InChI=1S/C42H54O5/c1-4-5-6-7-8-9-10-11-12-19-31-45-40-25-20-26-41(34(40)2)46-32-38(43)33-47-42(35-21-15-13-16-22-35,36-23-17-14-18-24-36)37-27-29-39(44-3)30-28-37/h13-18,20-30,38,43H,4-12,19,31-33H2,1-3H3. The van der Waals surface area contributed by atoms with E-state index in [1.807, 2.05) is 85.8 Å². The number of ether oxygens (including phenoxy) is 4. The molecule has 0 aliphatic carbocycles. The number of hydrogen-bond donors (Lipinski definition) is 1. The second-order valence-corrected chi connectivity index (χ2v) is 12.3. The van der Waals surface area contributed by atoms with Crippen molar-refractivity contribution in [2.75, 3.05) is 26.9 Å². The number of methoxy groups -OCH3 is 1. The molecule has 0 amide bonds. The Morgan fingerprint density at radius 1 is 0.574 bits per heavy atom. The van der Waals surface area contributed by atoms with E-state index in [1.165, 1.54) is 57.8 Å². The zero-order valence-electron chi connectivity index (χ0n) is 28.7. The van der Waals surface area contributed by atoms with E-state index in [0.29, 0.717) is 12.4 Å². The molecule has 4 aromatic rings. The minimum absolute atomic E-state index is 0.0593. The highest BCUT2D eigenvalue weighted by Gasteiger charge is 2.38. The third-order valence-electron chi connectivity index (χ3n) is 8.77. The number of hydrogen-bond acceptors (Lipinski definition) is 5. The number of unbranched alkanes of at least 4 members (excludes halogenated alkanes) is 9. The lowest BCUT2D eigenvalue weighted by Crippen LogP contribution is -2.37. The lowest BCUT2D eigenvalue weighted by molar-refractivity contribution is -0.0494. The molecule has 4 aromatic carbocycles. The van der Waals surface area contributed by atoms with Crippen LogP contribution in [-0.2, 0) is 10.3 Å². The predicted molar refractivity (Wildman–Crippen MR) is 192 cm³/mol. The summed E-state index contributed by atoms with van der Waals surface area (Å²) in [5.74, 6) is 2.30. The highest BCUT2D eigenvalue weighted by atomic mass is 16.5. The first-order valence-corrected chi connectivity index (χ1v) is 17.5. The van der Waals surface area contributed by atoms with E-state index in [-0.39, 0.29) is 13.2 Å². The maximum Gasteiger partial charge on any atom is 0.143 e. The van der Waals surface area contributed by atoms with Gasteiger partial charge < -0.3 is 24.1 Å². The molecule has 252 valence electrons. The molecule has 0 spiro atoms. The van der Waals surface area contributed by atoms with Gasteiger partial charge in [0.05, 0.1) is 20.3 Å². The minimum atomic E-state index is -0.950. The van der Waals surface area contributed by atoms with Crippen molar-refractivity contribution in [3.8, 4) is 17.2 Å². The summed E-state index contributed by atoms with van der Waals surface area (Å²) in [6.07, 6.45) is 12.1. The first-order valence-electron chi connectivity index (χ1n) is 17.5. The summed E-state index contributed by atoms with van der Waals surface area (Å²) in [7, 11) is 1.66. The number of benzene rings is 4. The van der Waals surface area contributed by atoms with E-state index in [0.717, 1.165) is 40.2 Å². The summed E-state index contributed by atoms with van der Waals surface area (Å²) < 4.78 is 24.5. The van der Waals surface area contributed by atoms with Crippen LogP contribution in [0, 0.1) is 6.92 Å². The molecule has 0 aromatic heterocycles. The first-order chi connectivity index (χ1) is 23.1. The molecule has 47 heavy (non-hydrogen) atoms. The van der Waals surface area contributed by atoms with Gasteiger partial charge in [-0.2, -0.15) is 0 Å². The fourth-order valence-electron chi connectivity index (χ4n) is 6.06. The average Bonchev–Trinajstić information content (AvgIpc) is 3.12. The minimum Gasteiger partial charge on any atom is -0.497 e. The molecular weight excluding hydrogens is 584 g/mol. The van der Waals surface area contributed by atoms with Gasteiger partial charge in [-0.3, -0.25) is 0 Å². The van der Waals surface area contributed by atoms with Gasteiger partial charge in [-0.05, 0) is 54.3 Å². The van der Waals surface area contributed by atoms with Gasteiger partial charge in [0.1, 0.15) is 35.6 Å². The maximum atomic E-state index is 11.2. The lowest BCUT2D eigenvalue weighted by atomic mass is 9.80. The van der Waals surface area contributed by atoms with Crippen LogP contribution in [0.2, 0.25) is 0 Å². The fraction of sp³-hybridized carbons (Fsp3) is 0.429. The smallest absolute Gasteiger partial charge is 0.143 e. The molecule has 0 saturated heterocycles. The quantitative estimate of drug-likeness (QED) is 0.0686. The summed E-state index contributed by atoms with van der Waals surface area (Å²) in [4.78, 5) is 0. The van der Waals surface area contributed by atoms with Gasteiger partial charge >= 0.3 is 0 Å². The van der Waals surface area contributed by atoms with E-state index < -0.39 is 11.7 Å². The summed E-state index contributed by atoms with van der Waals surface area (Å²) >= 11 is 0. The van der Waals surface area contributed by atoms with Gasteiger partial charge in [-0.1, -0.05) is 144 Å². The van der Waals surface area contributed by atoms with Crippen LogP contribution in [0.25, 0.3) is 0 Å². The maximum absolute atomic E-state index is 11.2. The van der Waals surface area contributed by atoms with E-state index in [4.69, 9.17) is 18.9 Å². The van der Waals surface area contributed by atoms with Gasteiger partial charge in [0.15, 0.2) is 0 Å². The van der Waals surface area contributed by atoms with Gasteiger partial charge in [0, 0.05) is 5.56 Å². The second-order valence-electron chi connectivity index (χ2n) is 12.3. The predicted octanol–water partition coefficient (Wildman–Crippen LogP) is 10.1. The third-order valence-corrected chi connectivity index (χ3v) is 8.77. The molecular formula is C42H54O5. The summed E-state index contributed by atoms with van der Waals surface area (Å²) in [5.41, 5.74) is 2.86. The van der Waals surface area contributed by atoms with Crippen molar-refractivity contribution < 1.29 is 24.1 Å². The second kappa shape index (κ2) is 19.8. The molecule has 0 aliphatic rings. The summed E-state index contributed by atoms with van der Waals surface area (Å²) in [5, 5.41) is 11.2. The van der Waals surface area contributed by atoms with Crippen LogP contribution in [0.5, 0.6) is 17.2 Å². The summed E-state index contributed by atoms with van der Waals surface area (Å²) in [6, 6.07) is 34.0. The number of rotatable bonds is 22. The van der Waals surface area contributed by atoms with Gasteiger partial charge in [-0.15, -0.1) is 0 Å². The molecule has 0 saturated carbocycles. The van der Waals surface area contributed by atoms with E-state index in [1.54, 1.807) is 7.11 Å². The SMILES string of the molecule is CCCCCCCCCCCCOc1cccc(OCC(O)COC(c2ccccc2)(c2ccccc2)c2ccc(OC)cc2)c1C. The van der Waals surface area contributed by atoms with Crippen LogP contribution in [-0.4, -0.2) is 38.1 Å². The normalized spacial score (nSPS) is 12.1. The topological polar surface area (TPSA) is 57.2 Å². The monoisotopic (exact) mass is 638 g/mol. The van der Waals surface area contributed by atoms with Crippen LogP contribution < -0.4 is 14.2 Å². The largest absolute Gasteiger partial charge is 0.497 e. The molecule has 0 radical (unpaired) electrons. The highest BCUT2D eigenvalue weighted by Crippen LogP contribution is 2.41. The van der Waals surface area contributed by atoms with Gasteiger partial charge in [0.25, 0.3) is 0 Å². The molecule has 0 bridgehead atoms. The van der Waals surface area contributed by atoms with Crippen LogP contribution >= 0.6 is 0 Å². The Morgan fingerprint density at radius 3 is 1.64 bits per heavy atom. The molecule has 1 atom stereocenters. The van der Waals surface area contributed by atoms with Crippen molar-refractivity contribution in [3.63, 3.8) is 0 Å². The molecule has 5 nitrogen and oxygen atoms in total. The van der Waals surface area contributed by atoms with E-state index >= 15 is 0 Å². The zero-order chi connectivity index (χ0) is 33.2. The van der Waals surface area contributed by atoms with Crippen molar-refractivity contribution in [1.82, 2.24) is 0 Å². The fourth-order valence-corrected chi connectivity index (χ4v) is 6.06. The lowest BCUT2D eigenvalue weighted by Gasteiger charge is -2.36. The average molecular weight is 639 g/mol. The molecule has 0 heterocycles. The Balaban J connectivity index is 1.34. The Kier molecular flexibility index (Phi) is 15.2. The molecule has 5 heteroatoms. The van der Waals surface area contributed by atoms with Crippen molar-refractivity contribution in [2.24, 2.45) is 0 Å². The van der Waals surface area contributed by atoms with Crippen LogP contribution in [0.4, 0.5) is 0 Å². The van der Waals surface area contributed by atoms with Crippen molar-refractivity contribution in [3.05, 3.63) is 125 Å². The Hall–Kier alpha value is -3.80. The molecule has 4 rings (SSSR count). The van der Waals surface area contributed by atoms with Gasteiger partial charge in [0.2, 0.25) is 0 Å². The molecule has 1 N–H and O–H groups in total. The number of aliphatic hydroxyl groups is 1. The van der Waals surface area contributed by atoms with Crippen LogP contribution in [0.15, 0.2) is 103 Å². The van der Waals surface area contributed by atoms with Crippen molar-refractivity contribution in [2.45, 2.75) is 89.8 Å². The Morgan fingerprint density at radius 2 is 1.09 bits per heavy atom. The van der Waals surface area contributed by atoms with Crippen LogP contribution in [0.3, 0.4) is 0 Å². The third kappa shape index (κ3) is 10.6. The van der Waals surface area contributed by atoms with Gasteiger partial charge in [-0.25, -0.2) is 0 Å². The zero-order valence-corrected chi connectivity index (χ0v) is 28.7. The van der Waals surface area contributed by atoms with Crippen molar-refractivity contribution in [1.29, 1.82) is 0 Å². The summed E-state index contributed by atoms with van der Waals surface area (Å²) in [6.45, 7) is 5.12. The van der Waals surface area contributed by atoms with Crippen LogP contribution in [0.1, 0.15) is 93.4 Å². The van der Waals surface area contributed by atoms with E-state index in [9.17, 15) is 5.11 Å². The Bertz CT molecular complexity index is 1360. The Labute approximate surface area is 282 Å². The molecule has 0 aliphatic heterocycles. The van der Waals surface area contributed by atoms with E-state index in [2.05, 4.69) is 31.2 Å². The first kappa shape index (κ1) is 36.0. The van der Waals surface area contributed by atoms with Crippen molar-refractivity contribution >= 4 is 0 Å². The molecule has 0 fully saturated rings. The number of aliphatic hydroxyl groups excluding tert-OH is 1.